The second-order valence-corrected chi connectivity index (χ2v) is 4.77. The van der Waals surface area contributed by atoms with Crippen LogP contribution in [0, 0.1) is 5.82 Å². The van der Waals surface area contributed by atoms with Crippen molar-refractivity contribution in [3.8, 4) is 5.88 Å². The van der Waals surface area contributed by atoms with Gasteiger partial charge in [-0.15, -0.1) is 0 Å². The fraction of sp³-hybridized carbons (Fsp3) is 0.200. The smallest absolute Gasteiger partial charge is 0.224 e. The van der Waals surface area contributed by atoms with Crippen LogP contribution in [-0.4, -0.2) is 18.0 Å². The zero-order chi connectivity index (χ0) is 15.2. The Morgan fingerprint density at radius 3 is 2.81 bits per heavy atom. The minimum atomic E-state index is -0.483. The van der Waals surface area contributed by atoms with Crippen molar-refractivity contribution in [1.29, 1.82) is 0 Å². The molecule has 0 spiro atoms. The van der Waals surface area contributed by atoms with Gasteiger partial charge in [0.15, 0.2) is 0 Å². The third-order valence-corrected chi connectivity index (χ3v) is 3.25. The van der Waals surface area contributed by atoms with Crippen LogP contribution < -0.4 is 10.1 Å². The van der Waals surface area contributed by atoms with Crippen LogP contribution in [0.1, 0.15) is 11.1 Å². The van der Waals surface area contributed by atoms with Crippen molar-refractivity contribution in [3.63, 3.8) is 0 Å². The van der Waals surface area contributed by atoms with Crippen LogP contribution in [0.25, 0.3) is 0 Å². The number of hydrogen-bond donors (Lipinski definition) is 1. The molecule has 0 aliphatic carbocycles. The lowest BCUT2D eigenvalue weighted by Crippen LogP contribution is -2.25. The number of amides is 1. The molecule has 110 valence electrons. The molecule has 4 nitrogen and oxygen atoms in total. The van der Waals surface area contributed by atoms with Crippen LogP contribution in [0.2, 0.25) is 5.02 Å². The first-order valence-electron chi connectivity index (χ1n) is 6.28. The quantitative estimate of drug-likeness (QED) is 0.924. The van der Waals surface area contributed by atoms with Crippen LogP contribution in [0.5, 0.6) is 5.88 Å². The van der Waals surface area contributed by atoms with E-state index in [1.807, 2.05) is 0 Å². The number of carbonyl (C=O) groups excluding carboxylic acids is 1. The summed E-state index contributed by atoms with van der Waals surface area (Å²) in [6.07, 6.45) is 1.50. The predicted molar refractivity (Wildman–Crippen MR) is 77.7 cm³/mol. The molecule has 2 aromatic rings. The first-order valence-corrected chi connectivity index (χ1v) is 6.66. The van der Waals surface area contributed by atoms with Gasteiger partial charge in [-0.2, -0.15) is 0 Å². The Kier molecular flexibility index (Phi) is 5.11. The van der Waals surface area contributed by atoms with Gasteiger partial charge in [0.2, 0.25) is 11.8 Å². The Hall–Kier alpha value is -2.14. The van der Waals surface area contributed by atoms with E-state index in [1.165, 1.54) is 19.2 Å². The summed E-state index contributed by atoms with van der Waals surface area (Å²) < 4.78 is 18.5. The lowest BCUT2D eigenvalue weighted by Gasteiger charge is -2.08. The van der Waals surface area contributed by atoms with Crippen LogP contribution in [0.15, 0.2) is 36.5 Å². The number of nitrogens with zero attached hydrogens (tertiary/aromatic N) is 1. The lowest BCUT2D eigenvalue weighted by molar-refractivity contribution is -0.120. The molecule has 0 fully saturated rings. The monoisotopic (exact) mass is 308 g/mol. The van der Waals surface area contributed by atoms with Crippen molar-refractivity contribution in [1.82, 2.24) is 10.3 Å². The van der Waals surface area contributed by atoms with E-state index in [0.29, 0.717) is 12.4 Å². The molecule has 0 saturated heterocycles. The first kappa shape index (κ1) is 15.3. The molecule has 6 heteroatoms. The molecular formula is C15H14ClFN2O2. The Balaban J connectivity index is 1.92. The van der Waals surface area contributed by atoms with Crippen molar-refractivity contribution in [3.05, 3.63) is 58.5 Å². The number of ether oxygens (including phenoxy) is 1. The molecule has 0 radical (unpaired) electrons. The third-order valence-electron chi connectivity index (χ3n) is 2.90. The highest BCUT2D eigenvalue weighted by Crippen LogP contribution is 2.19. The van der Waals surface area contributed by atoms with Gasteiger partial charge >= 0.3 is 0 Å². The molecule has 2 rings (SSSR count). The molecule has 1 aromatic heterocycles. The van der Waals surface area contributed by atoms with E-state index < -0.39 is 5.82 Å². The Morgan fingerprint density at radius 1 is 1.38 bits per heavy atom. The summed E-state index contributed by atoms with van der Waals surface area (Å²) in [5.41, 5.74) is 1.02. The highest BCUT2D eigenvalue weighted by Gasteiger charge is 2.11. The summed E-state index contributed by atoms with van der Waals surface area (Å²) in [6, 6.07) is 7.84. The number of halogens is 2. The van der Waals surface area contributed by atoms with E-state index in [9.17, 15) is 9.18 Å². The second-order valence-electron chi connectivity index (χ2n) is 4.36. The van der Waals surface area contributed by atoms with Crippen molar-refractivity contribution in [2.45, 2.75) is 13.0 Å². The maximum atomic E-state index is 13.6. The Morgan fingerprint density at radius 2 is 2.19 bits per heavy atom. The van der Waals surface area contributed by atoms with Gasteiger partial charge in [0.25, 0.3) is 0 Å². The molecular weight excluding hydrogens is 295 g/mol. The third kappa shape index (κ3) is 4.16. The number of pyridine rings is 1. The van der Waals surface area contributed by atoms with Crippen molar-refractivity contribution < 1.29 is 13.9 Å². The van der Waals surface area contributed by atoms with Crippen LogP contribution in [-0.2, 0) is 17.8 Å². The maximum absolute atomic E-state index is 13.6. The molecule has 0 aliphatic rings. The van der Waals surface area contributed by atoms with Crippen LogP contribution >= 0.6 is 11.6 Å². The Bertz CT molecular complexity index is 612. The van der Waals surface area contributed by atoms with Gasteiger partial charge in [-0.1, -0.05) is 23.7 Å². The van der Waals surface area contributed by atoms with Crippen molar-refractivity contribution in [2.75, 3.05) is 7.11 Å². The van der Waals surface area contributed by atoms with Gasteiger partial charge in [-0.25, -0.2) is 9.37 Å². The Labute approximate surface area is 126 Å². The molecule has 1 N–H and O–H groups in total. The second kappa shape index (κ2) is 7.04. The normalized spacial score (nSPS) is 10.2. The number of benzene rings is 1. The van der Waals surface area contributed by atoms with E-state index in [4.69, 9.17) is 16.3 Å². The van der Waals surface area contributed by atoms with Gasteiger partial charge < -0.3 is 10.1 Å². The van der Waals surface area contributed by atoms with Crippen molar-refractivity contribution >= 4 is 17.5 Å². The number of hydrogen-bond acceptors (Lipinski definition) is 3. The summed E-state index contributed by atoms with van der Waals surface area (Å²) in [7, 11) is 1.53. The molecule has 21 heavy (non-hydrogen) atoms. The lowest BCUT2D eigenvalue weighted by atomic mass is 10.1. The zero-order valence-corrected chi connectivity index (χ0v) is 12.2. The average Bonchev–Trinajstić information content (AvgIpc) is 2.49. The SMILES string of the molecule is COc1ccc(CNC(=O)Cc2c(F)cccc2Cl)cn1. The number of carbonyl (C=O) groups is 1. The van der Waals surface area contributed by atoms with Gasteiger partial charge in [-0.05, 0) is 17.7 Å². The van der Waals surface area contributed by atoms with Gasteiger partial charge in [0, 0.05) is 29.4 Å². The fourth-order valence-corrected chi connectivity index (χ4v) is 1.99. The molecule has 0 aliphatic heterocycles. The van der Waals surface area contributed by atoms with E-state index in [1.54, 1.807) is 24.4 Å². The van der Waals surface area contributed by atoms with Gasteiger partial charge in [0.05, 0.1) is 13.5 Å². The highest BCUT2D eigenvalue weighted by molar-refractivity contribution is 6.31. The molecule has 0 unspecified atom stereocenters. The summed E-state index contributed by atoms with van der Waals surface area (Å²) in [4.78, 5) is 15.9. The minimum absolute atomic E-state index is 0.102. The van der Waals surface area contributed by atoms with E-state index in [-0.39, 0.29) is 22.9 Å². The summed E-state index contributed by atoms with van der Waals surface area (Å²) in [5, 5.41) is 2.94. The number of nitrogens with one attached hydrogen (secondary N) is 1. The maximum Gasteiger partial charge on any atom is 0.224 e. The predicted octanol–water partition coefficient (Wildman–Crippen LogP) is 2.74. The van der Waals surface area contributed by atoms with E-state index in [2.05, 4.69) is 10.3 Å². The van der Waals surface area contributed by atoms with Crippen LogP contribution in [0.3, 0.4) is 0 Å². The zero-order valence-electron chi connectivity index (χ0n) is 11.4. The summed E-state index contributed by atoms with van der Waals surface area (Å²) >= 11 is 5.88. The number of methoxy groups -OCH3 is 1. The number of aromatic nitrogens is 1. The molecule has 0 atom stereocenters. The molecule has 1 amide bonds. The molecule has 1 heterocycles. The molecule has 0 bridgehead atoms. The van der Waals surface area contributed by atoms with E-state index >= 15 is 0 Å². The van der Waals surface area contributed by atoms with Gasteiger partial charge in [-0.3, -0.25) is 4.79 Å². The fourth-order valence-electron chi connectivity index (χ4n) is 1.76. The minimum Gasteiger partial charge on any atom is -0.481 e. The topological polar surface area (TPSA) is 51.2 Å². The first-order chi connectivity index (χ1) is 10.1. The highest BCUT2D eigenvalue weighted by atomic mass is 35.5. The van der Waals surface area contributed by atoms with Gasteiger partial charge in [0.1, 0.15) is 5.82 Å². The summed E-state index contributed by atoms with van der Waals surface area (Å²) in [6.45, 7) is 0.307. The van der Waals surface area contributed by atoms with Crippen molar-refractivity contribution in [2.24, 2.45) is 0 Å². The molecule has 0 saturated carbocycles. The largest absolute Gasteiger partial charge is 0.481 e. The van der Waals surface area contributed by atoms with E-state index in [0.717, 1.165) is 5.56 Å². The number of rotatable bonds is 5. The average molecular weight is 309 g/mol. The standard InChI is InChI=1S/C15H14ClFN2O2/c1-21-15-6-5-10(9-19-15)8-18-14(20)7-11-12(16)3-2-4-13(11)17/h2-6,9H,7-8H2,1H3,(H,18,20). The molecule has 1 aromatic carbocycles. The van der Waals surface area contributed by atoms with Crippen LogP contribution in [0.4, 0.5) is 4.39 Å². The summed E-state index contributed by atoms with van der Waals surface area (Å²) in [5.74, 6) is -0.287.